The van der Waals surface area contributed by atoms with Gasteiger partial charge in [-0.15, -0.1) is 0 Å². The summed E-state index contributed by atoms with van der Waals surface area (Å²) in [5.74, 6) is -0.0915. The van der Waals surface area contributed by atoms with E-state index in [2.05, 4.69) is 28.6 Å². The number of rotatable bonds is 6. The molecular weight excluding hydrogens is 316 g/mol. The van der Waals surface area contributed by atoms with E-state index >= 15 is 0 Å². The number of hydrogen-bond donors (Lipinski definition) is 1. The number of benzene rings is 1. The maximum Gasteiger partial charge on any atom is 0.251 e. The first kappa shape index (κ1) is 17.2. The Labute approximate surface area is 147 Å². The molecule has 0 aliphatic carbocycles. The minimum absolute atomic E-state index is 0.0517. The van der Waals surface area contributed by atoms with Gasteiger partial charge in [0.15, 0.2) is 0 Å². The predicted molar refractivity (Wildman–Crippen MR) is 96.8 cm³/mol. The first-order valence-electron chi connectivity index (χ1n) is 8.65. The summed E-state index contributed by atoms with van der Waals surface area (Å²) in [5, 5.41) is 11.4. The lowest BCUT2D eigenvalue weighted by atomic mass is 10.1. The smallest absolute Gasteiger partial charge is 0.251 e. The van der Waals surface area contributed by atoms with Crippen LogP contribution < -0.4 is 5.32 Å². The van der Waals surface area contributed by atoms with Gasteiger partial charge in [-0.1, -0.05) is 24.2 Å². The Kier molecular flexibility index (Phi) is 5.16. The molecule has 0 fully saturated rings. The molecule has 1 N–H and O–H groups in total. The van der Waals surface area contributed by atoms with Gasteiger partial charge in [0.2, 0.25) is 0 Å². The van der Waals surface area contributed by atoms with Gasteiger partial charge in [0.05, 0.1) is 24.5 Å². The van der Waals surface area contributed by atoms with Crippen LogP contribution in [0.4, 0.5) is 0 Å². The highest BCUT2D eigenvalue weighted by molar-refractivity contribution is 5.94. The number of amides is 1. The molecular formula is C19H24N4O2. The second-order valence-electron chi connectivity index (χ2n) is 6.43. The highest BCUT2D eigenvalue weighted by Gasteiger charge is 2.20. The molecule has 6 nitrogen and oxygen atoms in total. The summed E-state index contributed by atoms with van der Waals surface area (Å²) in [6.07, 6.45) is 1.63. The van der Waals surface area contributed by atoms with Crippen LogP contribution in [0, 0.1) is 13.8 Å². The summed E-state index contributed by atoms with van der Waals surface area (Å²) in [4.78, 5) is 17.6. The monoisotopic (exact) mass is 340 g/mol. The van der Waals surface area contributed by atoms with Crippen molar-refractivity contribution in [2.75, 3.05) is 6.54 Å². The number of nitrogens with zero attached hydrogens (tertiary/aromatic N) is 3. The van der Waals surface area contributed by atoms with E-state index in [1.54, 1.807) is 0 Å². The van der Waals surface area contributed by atoms with E-state index < -0.39 is 0 Å². The third kappa shape index (κ3) is 4.26. The fraction of sp³-hybridized carbons (Fsp3) is 0.421. The maximum atomic E-state index is 12.3. The molecule has 0 unspecified atom stereocenters. The van der Waals surface area contributed by atoms with E-state index in [1.807, 2.05) is 42.8 Å². The number of hydrogen-bond acceptors (Lipinski definition) is 4. The van der Waals surface area contributed by atoms with E-state index in [4.69, 9.17) is 4.84 Å². The lowest BCUT2D eigenvalue weighted by Crippen LogP contribution is -2.32. The molecule has 0 spiro atoms. The molecule has 0 saturated carbocycles. The first-order chi connectivity index (χ1) is 12.0. The molecule has 0 saturated heterocycles. The first-order valence-corrected chi connectivity index (χ1v) is 8.65. The standard InChI is InChI=1S/C19H24N4O2/c1-4-17-10-18(25-22-17)11-20-19(24)16-7-5-15(6-8-16)12-23-14(3)9-13(2)21-23/h5-9,18H,4,10-12H2,1-3H3,(H,20,24)/t18-/m1/s1. The Morgan fingerprint density at radius 3 is 2.68 bits per heavy atom. The van der Waals surface area contributed by atoms with Crippen LogP contribution in [0.3, 0.4) is 0 Å². The van der Waals surface area contributed by atoms with Gasteiger partial charge in [0, 0.05) is 17.7 Å². The van der Waals surface area contributed by atoms with Crippen LogP contribution >= 0.6 is 0 Å². The zero-order valence-corrected chi connectivity index (χ0v) is 15.0. The Bertz CT molecular complexity index is 777. The number of oxime groups is 1. The molecule has 0 bridgehead atoms. The largest absolute Gasteiger partial charge is 0.390 e. The van der Waals surface area contributed by atoms with Crippen LogP contribution in [0.1, 0.15) is 47.1 Å². The molecule has 2 aromatic rings. The number of carbonyl (C=O) groups is 1. The molecule has 1 aromatic heterocycles. The van der Waals surface area contributed by atoms with Gasteiger partial charge in [-0.2, -0.15) is 5.10 Å². The molecule has 0 radical (unpaired) electrons. The zero-order valence-electron chi connectivity index (χ0n) is 15.0. The Hall–Kier alpha value is -2.63. The topological polar surface area (TPSA) is 68.5 Å². The van der Waals surface area contributed by atoms with Crippen molar-refractivity contribution in [1.82, 2.24) is 15.1 Å². The van der Waals surface area contributed by atoms with Crippen molar-refractivity contribution < 1.29 is 9.63 Å². The minimum atomic E-state index is -0.0915. The van der Waals surface area contributed by atoms with E-state index in [0.717, 1.165) is 35.5 Å². The van der Waals surface area contributed by atoms with Gasteiger partial charge in [-0.05, 0) is 44.0 Å². The van der Waals surface area contributed by atoms with Gasteiger partial charge in [-0.25, -0.2) is 0 Å². The molecule has 1 aromatic carbocycles. The maximum absolute atomic E-state index is 12.3. The fourth-order valence-electron chi connectivity index (χ4n) is 2.88. The lowest BCUT2D eigenvalue weighted by molar-refractivity contribution is 0.0753. The van der Waals surface area contributed by atoms with Crippen molar-refractivity contribution in [1.29, 1.82) is 0 Å². The normalized spacial score (nSPS) is 16.4. The predicted octanol–water partition coefficient (Wildman–Crippen LogP) is 2.83. The van der Waals surface area contributed by atoms with Crippen LogP contribution in [-0.2, 0) is 11.4 Å². The molecule has 1 amide bonds. The average molecular weight is 340 g/mol. The molecule has 1 aliphatic rings. The molecule has 3 rings (SSSR count). The van der Waals surface area contributed by atoms with Gasteiger partial charge in [-0.3, -0.25) is 9.48 Å². The molecule has 6 heteroatoms. The summed E-state index contributed by atoms with van der Waals surface area (Å²) >= 11 is 0. The number of aryl methyl sites for hydroxylation is 2. The Morgan fingerprint density at radius 2 is 2.08 bits per heavy atom. The van der Waals surface area contributed by atoms with Crippen LogP contribution in [0.25, 0.3) is 0 Å². The fourth-order valence-corrected chi connectivity index (χ4v) is 2.88. The quantitative estimate of drug-likeness (QED) is 0.879. The van der Waals surface area contributed by atoms with Gasteiger partial charge in [0.25, 0.3) is 5.91 Å². The Morgan fingerprint density at radius 1 is 1.32 bits per heavy atom. The molecule has 132 valence electrons. The van der Waals surface area contributed by atoms with Crippen LogP contribution in [-0.4, -0.2) is 34.0 Å². The van der Waals surface area contributed by atoms with Crippen molar-refractivity contribution in [3.05, 3.63) is 52.8 Å². The lowest BCUT2D eigenvalue weighted by Gasteiger charge is -2.10. The number of nitrogens with one attached hydrogen (secondary N) is 1. The van der Waals surface area contributed by atoms with Crippen LogP contribution in [0.2, 0.25) is 0 Å². The van der Waals surface area contributed by atoms with Crippen LogP contribution in [0.15, 0.2) is 35.5 Å². The van der Waals surface area contributed by atoms with E-state index in [0.29, 0.717) is 18.7 Å². The second kappa shape index (κ2) is 7.51. The van der Waals surface area contributed by atoms with E-state index in [-0.39, 0.29) is 12.0 Å². The summed E-state index contributed by atoms with van der Waals surface area (Å²) in [6.45, 7) is 7.25. The van der Waals surface area contributed by atoms with Crippen LogP contribution in [0.5, 0.6) is 0 Å². The van der Waals surface area contributed by atoms with Gasteiger partial charge in [0.1, 0.15) is 6.10 Å². The van der Waals surface area contributed by atoms with E-state index in [9.17, 15) is 4.79 Å². The third-order valence-corrected chi connectivity index (χ3v) is 4.34. The highest BCUT2D eigenvalue weighted by Crippen LogP contribution is 2.12. The summed E-state index contributed by atoms with van der Waals surface area (Å²) < 4.78 is 1.97. The third-order valence-electron chi connectivity index (χ3n) is 4.34. The van der Waals surface area contributed by atoms with Crippen molar-refractivity contribution in [2.24, 2.45) is 5.16 Å². The zero-order chi connectivity index (χ0) is 17.8. The number of carbonyl (C=O) groups excluding carboxylic acids is 1. The van der Waals surface area contributed by atoms with Crippen molar-refractivity contribution in [3.8, 4) is 0 Å². The summed E-state index contributed by atoms with van der Waals surface area (Å²) in [7, 11) is 0. The van der Waals surface area contributed by atoms with Crippen molar-refractivity contribution >= 4 is 11.6 Å². The highest BCUT2D eigenvalue weighted by atomic mass is 16.6. The van der Waals surface area contributed by atoms with E-state index in [1.165, 1.54) is 0 Å². The SMILES string of the molecule is CCC1=NO[C@@H](CNC(=O)c2ccc(Cn3nc(C)cc3C)cc2)C1. The molecule has 25 heavy (non-hydrogen) atoms. The Balaban J connectivity index is 1.53. The molecule has 2 heterocycles. The molecule has 1 aliphatic heterocycles. The van der Waals surface area contributed by atoms with Crippen molar-refractivity contribution in [2.45, 2.75) is 46.3 Å². The second-order valence-corrected chi connectivity index (χ2v) is 6.43. The minimum Gasteiger partial charge on any atom is -0.390 e. The summed E-state index contributed by atoms with van der Waals surface area (Å²) in [5.41, 5.74) is 4.95. The van der Waals surface area contributed by atoms with Gasteiger partial charge >= 0.3 is 0 Å². The average Bonchev–Trinajstić information content (AvgIpc) is 3.19. The number of aromatic nitrogens is 2. The van der Waals surface area contributed by atoms with Crippen molar-refractivity contribution in [3.63, 3.8) is 0 Å². The molecule has 1 atom stereocenters. The summed E-state index contributed by atoms with van der Waals surface area (Å²) in [6, 6.07) is 9.69. The van der Waals surface area contributed by atoms with Gasteiger partial charge < -0.3 is 10.2 Å².